The van der Waals surface area contributed by atoms with Crippen molar-refractivity contribution in [3.8, 4) is 0 Å². The van der Waals surface area contributed by atoms with E-state index in [1.165, 1.54) is 128 Å². The van der Waals surface area contributed by atoms with Crippen LogP contribution in [0.2, 0.25) is 0 Å². The van der Waals surface area contributed by atoms with Crippen molar-refractivity contribution in [1.29, 1.82) is 0 Å². The predicted molar refractivity (Wildman–Crippen MR) is 311 cm³/mol. The van der Waals surface area contributed by atoms with E-state index in [2.05, 4.69) is 106 Å². The fraction of sp³-hybridized carbons (Fsp3) is 0.742. The molecule has 0 amide bonds. The standard InChI is InChI=1S/C66H114O6/c1-4-7-10-13-16-19-22-25-27-28-29-30-31-32-33-34-35-36-37-38-39-42-44-47-50-53-56-59-65(68)71-62-63(61-70-64(67)58-55-52-49-46-43-40-24-21-18-15-12-9-6-3)72-66(69)60-57-54-51-48-45-41-26-23-20-17-14-11-8-5-2/h12,14-15,17,21-26,28-29,31-32,63H,4-11,13,16,18-20,27,30,33-62H2,1-3H3/b15-12-,17-14-,24-21-,25-22-,26-23-,29-28-,32-31-. The first kappa shape index (κ1) is 68.6. The lowest BCUT2D eigenvalue weighted by Gasteiger charge is -2.18. The van der Waals surface area contributed by atoms with Crippen LogP contribution in [0.4, 0.5) is 0 Å². The maximum atomic E-state index is 12.8. The Bertz CT molecular complexity index is 1380. The molecule has 0 aromatic rings. The Morgan fingerprint density at radius 1 is 0.278 bits per heavy atom. The van der Waals surface area contributed by atoms with Gasteiger partial charge in [-0.05, 0) is 109 Å². The lowest BCUT2D eigenvalue weighted by Crippen LogP contribution is -2.30. The maximum Gasteiger partial charge on any atom is 0.306 e. The normalized spacial score (nSPS) is 12.7. The molecule has 414 valence electrons. The monoisotopic (exact) mass is 1000 g/mol. The molecule has 0 aliphatic rings. The Labute approximate surface area is 445 Å². The van der Waals surface area contributed by atoms with Crippen LogP contribution in [0.1, 0.15) is 297 Å². The number of ether oxygens (including phenoxy) is 3. The Morgan fingerprint density at radius 2 is 0.542 bits per heavy atom. The molecule has 0 N–H and O–H groups in total. The molecule has 0 bridgehead atoms. The van der Waals surface area contributed by atoms with Gasteiger partial charge in [0.15, 0.2) is 6.10 Å². The van der Waals surface area contributed by atoms with E-state index in [0.717, 1.165) is 128 Å². The van der Waals surface area contributed by atoms with Gasteiger partial charge < -0.3 is 14.2 Å². The summed E-state index contributed by atoms with van der Waals surface area (Å²) in [5, 5.41) is 0. The van der Waals surface area contributed by atoms with Crippen LogP contribution in [-0.2, 0) is 28.6 Å². The van der Waals surface area contributed by atoms with Crippen molar-refractivity contribution in [3.63, 3.8) is 0 Å². The van der Waals surface area contributed by atoms with Crippen LogP contribution in [0.3, 0.4) is 0 Å². The summed E-state index contributed by atoms with van der Waals surface area (Å²) in [5.41, 5.74) is 0. The van der Waals surface area contributed by atoms with Gasteiger partial charge in [0.2, 0.25) is 0 Å². The number of hydrogen-bond donors (Lipinski definition) is 0. The van der Waals surface area contributed by atoms with Gasteiger partial charge >= 0.3 is 17.9 Å². The van der Waals surface area contributed by atoms with Crippen molar-refractivity contribution >= 4 is 17.9 Å². The second kappa shape index (κ2) is 60.1. The number of hydrogen-bond acceptors (Lipinski definition) is 6. The number of unbranched alkanes of at least 4 members (excludes halogenated alkanes) is 30. The number of rotatable bonds is 55. The molecule has 0 heterocycles. The van der Waals surface area contributed by atoms with Gasteiger partial charge in [-0.25, -0.2) is 0 Å². The zero-order chi connectivity index (χ0) is 52.2. The van der Waals surface area contributed by atoms with Gasteiger partial charge in [-0.2, -0.15) is 0 Å². The molecule has 0 aromatic carbocycles. The fourth-order valence-electron chi connectivity index (χ4n) is 8.45. The highest BCUT2D eigenvalue weighted by atomic mass is 16.6. The van der Waals surface area contributed by atoms with Gasteiger partial charge in [-0.3, -0.25) is 14.4 Å². The third-order valence-electron chi connectivity index (χ3n) is 13.1. The van der Waals surface area contributed by atoms with Crippen LogP contribution in [0.15, 0.2) is 85.1 Å². The Morgan fingerprint density at radius 3 is 0.875 bits per heavy atom. The molecule has 0 spiro atoms. The van der Waals surface area contributed by atoms with Crippen molar-refractivity contribution in [2.24, 2.45) is 0 Å². The van der Waals surface area contributed by atoms with Crippen LogP contribution in [0, 0.1) is 0 Å². The van der Waals surface area contributed by atoms with Crippen LogP contribution >= 0.6 is 0 Å². The maximum absolute atomic E-state index is 12.8. The molecule has 6 nitrogen and oxygen atoms in total. The summed E-state index contributed by atoms with van der Waals surface area (Å²) in [4.78, 5) is 38.2. The first-order valence-corrected chi connectivity index (χ1v) is 30.6. The minimum absolute atomic E-state index is 0.0872. The van der Waals surface area contributed by atoms with E-state index in [9.17, 15) is 14.4 Å². The molecule has 0 saturated heterocycles. The molecule has 0 aromatic heterocycles. The highest BCUT2D eigenvalue weighted by Gasteiger charge is 2.19. The summed E-state index contributed by atoms with van der Waals surface area (Å²) in [5.74, 6) is -0.911. The third-order valence-corrected chi connectivity index (χ3v) is 13.1. The van der Waals surface area contributed by atoms with Gasteiger partial charge in [-0.15, -0.1) is 0 Å². The van der Waals surface area contributed by atoms with E-state index in [0.29, 0.717) is 19.3 Å². The first-order chi connectivity index (χ1) is 35.5. The van der Waals surface area contributed by atoms with Crippen LogP contribution in [0.25, 0.3) is 0 Å². The van der Waals surface area contributed by atoms with E-state index >= 15 is 0 Å². The SMILES string of the molecule is CCC/C=C\C/C=C\CCCCCCCC(=O)OCC(COC(=O)CCCCCCCCCCCCCC/C=C\C/C=C\C/C=C\CCCCCCC)OC(=O)CCCCCCC/C=C\C/C=C\CCCC. The highest BCUT2D eigenvalue weighted by molar-refractivity contribution is 5.71. The minimum Gasteiger partial charge on any atom is -0.462 e. The van der Waals surface area contributed by atoms with E-state index in [1.807, 2.05) is 0 Å². The van der Waals surface area contributed by atoms with E-state index in [4.69, 9.17) is 14.2 Å². The molecule has 1 atom stereocenters. The van der Waals surface area contributed by atoms with Crippen LogP contribution < -0.4 is 0 Å². The smallest absolute Gasteiger partial charge is 0.306 e. The summed E-state index contributed by atoms with van der Waals surface area (Å²) >= 11 is 0. The number of allylic oxidation sites excluding steroid dienone is 14. The van der Waals surface area contributed by atoms with Gasteiger partial charge in [0.05, 0.1) is 0 Å². The summed E-state index contributed by atoms with van der Waals surface area (Å²) in [6.45, 7) is 6.51. The van der Waals surface area contributed by atoms with Gasteiger partial charge in [-0.1, -0.05) is 254 Å². The average molecular weight is 1000 g/mol. The largest absolute Gasteiger partial charge is 0.462 e. The Kier molecular flexibility index (Phi) is 57.3. The topological polar surface area (TPSA) is 78.9 Å². The molecule has 6 heteroatoms. The van der Waals surface area contributed by atoms with E-state index in [1.54, 1.807) is 0 Å². The molecule has 0 aliphatic carbocycles. The van der Waals surface area contributed by atoms with Crippen molar-refractivity contribution < 1.29 is 28.6 Å². The molecule has 0 fully saturated rings. The molecular weight excluding hydrogens is 889 g/mol. The lowest BCUT2D eigenvalue weighted by molar-refractivity contribution is -0.167. The van der Waals surface area contributed by atoms with Gasteiger partial charge in [0, 0.05) is 19.3 Å². The van der Waals surface area contributed by atoms with E-state index in [-0.39, 0.29) is 31.1 Å². The van der Waals surface area contributed by atoms with Crippen LogP contribution in [0.5, 0.6) is 0 Å². The zero-order valence-electron chi connectivity index (χ0n) is 47.4. The molecule has 0 aliphatic heterocycles. The molecule has 0 radical (unpaired) electrons. The Balaban J connectivity index is 4.27. The summed E-state index contributed by atoms with van der Waals surface area (Å²) in [7, 11) is 0. The second-order valence-corrected chi connectivity index (χ2v) is 20.2. The number of esters is 3. The quantitative estimate of drug-likeness (QED) is 0.0261. The fourth-order valence-corrected chi connectivity index (χ4v) is 8.45. The summed E-state index contributed by atoms with van der Waals surface area (Å²) < 4.78 is 16.9. The minimum atomic E-state index is -0.791. The number of carbonyl (C=O) groups is 3. The highest BCUT2D eigenvalue weighted by Crippen LogP contribution is 2.15. The van der Waals surface area contributed by atoms with Crippen molar-refractivity contribution in [1.82, 2.24) is 0 Å². The molecule has 0 saturated carbocycles. The molecular formula is C66H114O6. The third kappa shape index (κ3) is 57.5. The molecule has 0 rings (SSSR count). The lowest BCUT2D eigenvalue weighted by atomic mass is 10.0. The first-order valence-electron chi connectivity index (χ1n) is 30.6. The van der Waals surface area contributed by atoms with Crippen molar-refractivity contribution in [2.75, 3.05) is 13.2 Å². The van der Waals surface area contributed by atoms with E-state index < -0.39 is 6.10 Å². The van der Waals surface area contributed by atoms with Crippen molar-refractivity contribution in [2.45, 2.75) is 303 Å². The average Bonchev–Trinajstić information content (AvgIpc) is 3.38. The Hall–Kier alpha value is -3.41. The number of carbonyl (C=O) groups excluding carboxylic acids is 3. The summed E-state index contributed by atoms with van der Waals surface area (Å²) in [6.07, 6.45) is 78.7. The van der Waals surface area contributed by atoms with Crippen molar-refractivity contribution in [3.05, 3.63) is 85.1 Å². The zero-order valence-corrected chi connectivity index (χ0v) is 47.4. The second-order valence-electron chi connectivity index (χ2n) is 20.2. The van der Waals surface area contributed by atoms with Crippen LogP contribution in [-0.4, -0.2) is 37.2 Å². The predicted octanol–water partition coefficient (Wildman–Crippen LogP) is 20.7. The molecule has 1 unspecified atom stereocenters. The van der Waals surface area contributed by atoms with Gasteiger partial charge in [0.25, 0.3) is 0 Å². The van der Waals surface area contributed by atoms with Gasteiger partial charge in [0.1, 0.15) is 13.2 Å². The molecule has 72 heavy (non-hydrogen) atoms. The summed E-state index contributed by atoms with van der Waals surface area (Å²) in [6, 6.07) is 0.